The van der Waals surface area contributed by atoms with Crippen LogP contribution in [0.4, 0.5) is 0 Å². The molecule has 2 aromatic rings. The van der Waals surface area contributed by atoms with Crippen molar-refractivity contribution in [3.63, 3.8) is 0 Å². The molecule has 0 saturated carbocycles. The maximum atomic E-state index is 11.7. The number of unbranched alkanes of at least 4 members (excludes halogenated alkanes) is 3. The van der Waals surface area contributed by atoms with Crippen molar-refractivity contribution in [3.05, 3.63) is 71.8 Å². The summed E-state index contributed by atoms with van der Waals surface area (Å²) in [5.41, 5.74) is 1.77. The molecule has 0 bridgehead atoms. The van der Waals surface area contributed by atoms with Crippen LogP contribution in [0.2, 0.25) is 13.3 Å². The van der Waals surface area contributed by atoms with Crippen LogP contribution in [0.5, 0.6) is 0 Å². The molecule has 1 N–H and O–H groups in total. The Morgan fingerprint density at radius 2 is 1.17 bits per heavy atom. The van der Waals surface area contributed by atoms with Crippen LogP contribution in [0.25, 0.3) is 0 Å². The molecule has 0 aliphatic heterocycles. The minimum atomic E-state index is -2.60. The van der Waals surface area contributed by atoms with Gasteiger partial charge in [-0.3, -0.25) is 0 Å². The zero-order valence-corrected chi connectivity index (χ0v) is 22.7. The summed E-state index contributed by atoms with van der Waals surface area (Å²) < 4.78 is 4.97. The molecule has 30 heavy (non-hydrogen) atoms. The van der Waals surface area contributed by atoms with Crippen LogP contribution in [0.3, 0.4) is 0 Å². The Morgan fingerprint density at radius 3 is 1.60 bits per heavy atom. The van der Waals surface area contributed by atoms with Gasteiger partial charge in [0.25, 0.3) is 0 Å². The van der Waals surface area contributed by atoms with Crippen molar-refractivity contribution >= 4 is 18.4 Å². The number of benzene rings is 2. The molecule has 2 atom stereocenters. The Balaban J connectivity index is 2.51. The first-order chi connectivity index (χ1) is 14.5. The average molecular weight is 515 g/mol. The van der Waals surface area contributed by atoms with Crippen molar-refractivity contribution in [2.75, 3.05) is 0 Å². The van der Waals surface area contributed by atoms with Crippen LogP contribution < -0.4 is 0 Å². The molecule has 0 unspecified atom stereocenters. The molecule has 2 aromatic carbocycles. The molecule has 2 rings (SSSR count). The molecule has 0 radical (unpaired) electrons. The van der Waals surface area contributed by atoms with Gasteiger partial charge in [0, 0.05) is 0 Å². The van der Waals surface area contributed by atoms with Gasteiger partial charge in [0.2, 0.25) is 0 Å². The van der Waals surface area contributed by atoms with E-state index in [0.29, 0.717) is 3.93 Å². The van der Waals surface area contributed by atoms with E-state index in [1.165, 1.54) is 57.4 Å². The Morgan fingerprint density at radius 1 is 0.733 bits per heavy atom. The van der Waals surface area contributed by atoms with E-state index in [-0.39, 0.29) is 0 Å². The molecule has 0 aliphatic carbocycles. The standard InChI is InChI=1S/C16H17O.3C4H9.Sn/c1-16(17,15-10-6-3-7-11-15)13-12-14-8-4-2-5-9-14;3*1-3-4-2;/h2-12,17H,13H2,1H3;3*1,3-4H2,2H3;/t16-;;;;/m0..../s1. The predicted molar refractivity (Wildman–Crippen MR) is 135 cm³/mol. The van der Waals surface area contributed by atoms with Crippen molar-refractivity contribution in [2.24, 2.45) is 0 Å². The fourth-order valence-electron chi connectivity index (χ4n) is 5.17. The molecule has 1 nitrogen and oxygen atoms in total. The van der Waals surface area contributed by atoms with Crippen molar-refractivity contribution in [3.8, 4) is 0 Å². The molecule has 166 valence electrons. The molecule has 0 saturated heterocycles. The summed E-state index contributed by atoms with van der Waals surface area (Å²) in [5.74, 6) is 0. The number of aliphatic hydroxyl groups is 1. The van der Waals surface area contributed by atoms with Gasteiger partial charge in [0.1, 0.15) is 0 Å². The zero-order chi connectivity index (χ0) is 21.9. The van der Waals surface area contributed by atoms with Gasteiger partial charge in [-0.05, 0) is 0 Å². The van der Waals surface area contributed by atoms with Gasteiger partial charge >= 0.3 is 191 Å². The summed E-state index contributed by atoms with van der Waals surface area (Å²) in [4.78, 5) is 0. The summed E-state index contributed by atoms with van der Waals surface area (Å²) in [7, 11) is 0. The van der Waals surface area contributed by atoms with Gasteiger partial charge in [-0.2, -0.15) is 0 Å². The van der Waals surface area contributed by atoms with E-state index >= 15 is 0 Å². The van der Waals surface area contributed by atoms with E-state index in [9.17, 15) is 5.11 Å². The topological polar surface area (TPSA) is 20.2 Å². The van der Waals surface area contributed by atoms with Crippen molar-refractivity contribution in [1.29, 1.82) is 0 Å². The summed E-state index contributed by atoms with van der Waals surface area (Å²) in [5, 5.41) is 11.7. The summed E-state index contributed by atoms with van der Waals surface area (Å²) >= 11 is -2.60. The van der Waals surface area contributed by atoms with E-state index in [0.717, 1.165) is 12.0 Å². The molecular weight excluding hydrogens is 471 g/mol. The first-order valence-electron chi connectivity index (χ1n) is 12.3. The number of hydrogen-bond acceptors (Lipinski definition) is 1. The first kappa shape index (κ1) is 25.5. The van der Waals surface area contributed by atoms with Crippen LogP contribution in [-0.2, 0) is 5.60 Å². The minimum absolute atomic E-state index is 0.570. The predicted octanol–water partition coefficient (Wildman–Crippen LogP) is 8.46. The Labute approximate surface area is 190 Å². The SMILES string of the molecule is CCC[CH2][Sn]([CH2]CCC)([CH2]CCC)[C@H](C[C@](C)(O)c1ccccc1)c1ccccc1. The van der Waals surface area contributed by atoms with Crippen molar-refractivity contribution < 1.29 is 5.11 Å². The van der Waals surface area contributed by atoms with Gasteiger partial charge in [-0.15, -0.1) is 0 Å². The van der Waals surface area contributed by atoms with E-state index in [4.69, 9.17) is 0 Å². The monoisotopic (exact) mass is 516 g/mol. The first-order valence-corrected chi connectivity index (χ1v) is 20.0. The third-order valence-electron chi connectivity index (χ3n) is 7.02. The second-order valence-electron chi connectivity index (χ2n) is 9.48. The van der Waals surface area contributed by atoms with E-state index < -0.39 is 24.0 Å². The Bertz CT molecular complexity index is 673. The Kier molecular flexibility index (Phi) is 11.0. The van der Waals surface area contributed by atoms with Crippen molar-refractivity contribution in [1.82, 2.24) is 0 Å². The molecule has 0 fully saturated rings. The molecule has 0 spiro atoms. The van der Waals surface area contributed by atoms with Gasteiger partial charge in [0.05, 0.1) is 0 Å². The van der Waals surface area contributed by atoms with Crippen LogP contribution in [0.15, 0.2) is 60.7 Å². The second-order valence-corrected chi connectivity index (χ2v) is 23.5. The van der Waals surface area contributed by atoms with Crippen LogP contribution >= 0.6 is 0 Å². The average Bonchev–Trinajstić information content (AvgIpc) is 2.79. The summed E-state index contributed by atoms with van der Waals surface area (Å²) in [6.07, 6.45) is 8.81. The summed E-state index contributed by atoms with van der Waals surface area (Å²) in [6.45, 7) is 9.07. The van der Waals surface area contributed by atoms with Crippen molar-refractivity contribution in [2.45, 2.75) is 95.5 Å². The molecule has 0 amide bonds. The van der Waals surface area contributed by atoms with Gasteiger partial charge in [-0.1, -0.05) is 0 Å². The molecule has 0 aromatic heterocycles. The molecule has 0 heterocycles. The third-order valence-corrected chi connectivity index (χ3v) is 24.3. The number of rotatable bonds is 14. The second kappa shape index (κ2) is 12.9. The van der Waals surface area contributed by atoms with Gasteiger partial charge < -0.3 is 0 Å². The molecule has 0 aliphatic rings. The van der Waals surface area contributed by atoms with Gasteiger partial charge in [-0.25, -0.2) is 0 Å². The van der Waals surface area contributed by atoms with Crippen LogP contribution in [0, 0.1) is 0 Å². The number of hydrogen-bond donors (Lipinski definition) is 1. The maximum absolute atomic E-state index is 11.7. The van der Waals surface area contributed by atoms with E-state index in [1.54, 1.807) is 0 Å². The fourth-order valence-corrected chi connectivity index (χ4v) is 24.3. The molecular formula is C28H44OSn. The quantitative estimate of drug-likeness (QED) is 0.250. The Hall–Kier alpha value is -0.801. The molecule has 2 heteroatoms. The fraction of sp³-hybridized carbons (Fsp3) is 0.571. The third kappa shape index (κ3) is 7.12. The van der Waals surface area contributed by atoms with Crippen LogP contribution in [-0.4, -0.2) is 23.5 Å². The summed E-state index contributed by atoms with van der Waals surface area (Å²) in [6, 6.07) is 21.6. The van der Waals surface area contributed by atoms with Gasteiger partial charge in [0.15, 0.2) is 0 Å². The normalized spacial score (nSPS) is 15.0. The van der Waals surface area contributed by atoms with E-state index in [2.05, 4.69) is 75.4 Å². The zero-order valence-electron chi connectivity index (χ0n) is 19.9. The van der Waals surface area contributed by atoms with Crippen LogP contribution in [0.1, 0.15) is 87.7 Å². The van der Waals surface area contributed by atoms with E-state index in [1.807, 2.05) is 13.0 Å².